The normalized spacial score (nSPS) is 10.5. The van der Waals surface area contributed by atoms with Gasteiger partial charge in [-0.05, 0) is 19.1 Å². The molecule has 0 aliphatic heterocycles. The molecular weight excluding hydrogens is 263 g/mol. The number of nitrogen functional groups attached to an aromatic ring is 1. The molecule has 0 radical (unpaired) electrons. The molecule has 0 spiro atoms. The van der Waals surface area contributed by atoms with E-state index in [-0.39, 0.29) is 19.1 Å². The van der Waals surface area contributed by atoms with Gasteiger partial charge < -0.3 is 15.0 Å². The molecule has 2 aromatic rings. The third kappa shape index (κ3) is 2.93. The lowest BCUT2D eigenvalue weighted by Crippen LogP contribution is -2.04. The van der Waals surface area contributed by atoms with Gasteiger partial charge in [0.25, 0.3) is 0 Å². The third-order valence-corrected chi connectivity index (χ3v) is 2.67. The van der Waals surface area contributed by atoms with E-state index in [9.17, 15) is 9.18 Å². The number of hydrogen-bond donors (Lipinski definition) is 1. The molecule has 2 N–H and O–H groups in total. The SMILES string of the molecule is CCOC(=O)c1cc(-c2ccnc(N)n2)n(CCF)c1. The average Bonchev–Trinajstić information content (AvgIpc) is 2.84. The first-order valence-electron chi connectivity index (χ1n) is 6.18. The van der Waals surface area contributed by atoms with Crippen LogP contribution in [-0.2, 0) is 11.3 Å². The average molecular weight is 278 g/mol. The number of nitrogens with two attached hydrogens (primary N) is 1. The lowest BCUT2D eigenvalue weighted by molar-refractivity contribution is 0.0526. The van der Waals surface area contributed by atoms with E-state index in [1.807, 2.05) is 0 Å². The maximum atomic E-state index is 12.6. The van der Waals surface area contributed by atoms with Crippen LogP contribution in [0.25, 0.3) is 11.4 Å². The molecule has 0 saturated carbocycles. The van der Waals surface area contributed by atoms with Gasteiger partial charge in [0.15, 0.2) is 0 Å². The Balaban J connectivity index is 2.42. The fourth-order valence-corrected chi connectivity index (χ4v) is 1.84. The second-order valence-electron chi connectivity index (χ2n) is 4.02. The quantitative estimate of drug-likeness (QED) is 0.841. The Morgan fingerprint density at radius 3 is 3.00 bits per heavy atom. The predicted octanol–water partition coefficient (Wildman–Crippen LogP) is 1.67. The van der Waals surface area contributed by atoms with E-state index in [1.54, 1.807) is 29.8 Å². The molecule has 0 bridgehead atoms. The highest BCUT2D eigenvalue weighted by atomic mass is 19.1. The van der Waals surface area contributed by atoms with Crippen molar-refractivity contribution in [2.75, 3.05) is 19.0 Å². The molecule has 2 rings (SSSR count). The van der Waals surface area contributed by atoms with Crippen molar-refractivity contribution in [2.45, 2.75) is 13.5 Å². The van der Waals surface area contributed by atoms with Crippen LogP contribution in [0.4, 0.5) is 10.3 Å². The van der Waals surface area contributed by atoms with Gasteiger partial charge in [-0.15, -0.1) is 0 Å². The summed E-state index contributed by atoms with van der Waals surface area (Å²) in [6, 6.07) is 3.25. The first kappa shape index (κ1) is 14.0. The van der Waals surface area contributed by atoms with E-state index < -0.39 is 12.6 Å². The Bertz CT molecular complexity index is 612. The summed E-state index contributed by atoms with van der Waals surface area (Å²) in [7, 11) is 0. The first-order valence-corrected chi connectivity index (χ1v) is 6.18. The maximum absolute atomic E-state index is 12.6. The van der Waals surface area contributed by atoms with Crippen LogP contribution in [0.15, 0.2) is 24.5 Å². The van der Waals surface area contributed by atoms with Crippen molar-refractivity contribution in [3.05, 3.63) is 30.1 Å². The molecule has 0 fully saturated rings. The number of ether oxygens (including phenoxy) is 1. The Hall–Kier alpha value is -2.44. The molecular formula is C13H15FN4O2. The highest BCUT2D eigenvalue weighted by molar-refractivity contribution is 5.90. The van der Waals surface area contributed by atoms with Gasteiger partial charge in [-0.2, -0.15) is 0 Å². The minimum Gasteiger partial charge on any atom is -0.462 e. The topological polar surface area (TPSA) is 83.0 Å². The molecule has 106 valence electrons. The molecule has 0 aromatic carbocycles. The number of alkyl halides is 1. The summed E-state index contributed by atoms with van der Waals surface area (Å²) < 4.78 is 19.2. The number of carbonyl (C=O) groups is 1. The van der Waals surface area contributed by atoms with Crippen molar-refractivity contribution >= 4 is 11.9 Å². The van der Waals surface area contributed by atoms with Crippen molar-refractivity contribution in [1.29, 1.82) is 0 Å². The molecule has 2 heterocycles. The van der Waals surface area contributed by atoms with Gasteiger partial charge in [0.1, 0.15) is 6.67 Å². The summed E-state index contributed by atoms with van der Waals surface area (Å²) in [6.45, 7) is 1.58. The van der Waals surface area contributed by atoms with Gasteiger partial charge in [0.2, 0.25) is 5.95 Å². The zero-order valence-corrected chi connectivity index (χ0v) is 11.0. The number of nitrogens with zero attached hydrogens (tertiary/aromatic N) is 3. The van der Waals surface area contributed by atoms with E-state index in [0.717, 1.165) is 0 Å². The molecule has 7 heteroatoms. The number of aromatic nitrogens is 3. The second-order valence-corrected chi connectivity index (χ2v) is 4.02. The monoisotopic (exact) mass is 278 g/mol. The van der Waals surface area contributed by atoms with E-state index in [1.165, 1.54) is 6.20 Å². The first-order chi connectivity index (χ1) is 9.65. The number of anilines is 1. The fraction of sp³-hybridized carbons (Fsp3) is 0.308. The van der Waals surface area contributed by atoms with Crippen LogP contribution in [0, 0.1) is 0 Å². The lowest BCUT2D eigenvalue weighted by Gasteiger charge is -2.05. The molecule has 0 aliphatic carbocycles. The number of rotatable bonds is 5. The number of hydrogen-bond acceptors (Lipinski definition) is 5. The molecule has 2 aromatic heterocycles. The van der Waals surface area contributed by atoms with Crippen LogP contribution >= 0.6 is 0 Å². The summed E-state index contributed by atoms with van der Waals surface area (Å²) in [5, 5.41) is 0. The Labute approximate surface area is 115 Å². The summed E-state index contributed by atoms with van der Waals surface area (Å²) in [5.41, 5.74) is 7.02. The number of halogens is 1. The van der Waals surface area contributed by atoms with Gasteiger partial charge in [-0.3, -0.25) is 0 Å². The summed E-state index contributed by atoms with van der Waals surface area (Å²) in [4.78, 5) is 19.6. The van der Waals surface area contributed by atoms with Crippen LogP contribution in [0.1, 0.15) is 17.3 Å². The van der Waals surface area contributed by atoms with Crippen LogP contribution in [0.2, 0.25) is 0 Å². The van der Waals surface area contributed by atoms with Crippen LogP contribution in [0.5, 0.6) is 0 Å². The Morgan fingerprint density at radius 1 is 1.55 bits per heavy atom. The van der Waals surface area contributed by atoms with Crippen LogP contribution in [-0.4, -0.2) is 33.8 Å². The molecule has 0 saturated heterocycles. The van der Waals surface area contributed by atoms with E-state index in [0.29, 0.717) is 17.0 Å². The molecule has 0 amide bonds. The lowest BCUT2D eigenvalue weighted by atomic mass is 10.2. The number of aryl methyl sites for hydroxylation is 1. The third-order valence-electron chi connectivity index (χ3n) is 2.67. The van der Waals surface area contributed by atoms with Gasteiger partial charge in [0, 0.05) is 12.4 Å². The van der Waals surface area contributed by atoms with Gasteiger partial charge in [-0.25, -0.2) is 19.2 Å². The van der Waals surface area contributed by atoms with Crippen LogP contribution in [0.3, 0.4) is 0 Å². The van der Waals surface area contributed by atoms with Crippen LogP contribution < -0.4 is 5.73 Å². The molecule has 0 aliphatic rings. The van der Waals surface area contributed by atoms with E-state index >= 15 is 0 Å². The van der Waals surface area contributed by atoms with Crippen molar-refractivity contribution in [3.8, 4) is 11.4 Å². The van der Waals surface area contributed by atoms with Gasteiger partial charge >= 0.3 is 5.97 Å². The Kier molecular flexibility index (Phi) is 4.29. The van der Waals surface area contributed by atoms with Crippen molar-refractivity contribution in [3.63, 3.8) is 0 Å². The number of esters is 1. The molecule has 20 heavy (non-hydrogen) atoms. The standard InChI is InChI=1S/C13H15FN4O2/c1-2-20-12(19)9-7-11(18(8-9)6-4-14)10-3-5-16-13(15)17-10/h3,5,7-8H,2,4,6H2,1H3,(H2,15,16,17). The largest absolute Gasteiger partial charge is 0.462 e. The fourth-order valence-electron chi connectivity index (χ4n) is 1.84. The Morgan fingerprint density at radius 2 is 2.35 bits per heavy atom. The molecule has 6 nitrogen and oxygen atoms in total. The van der Waals surface area contributed by atoms with Crippen molar-refractivity contribution in [1.82, 2.24) is 14.5 Å². The smallest absolute Gasteiger partial charge is 0.339 e. The maximum Gasteiger partial charge on any atom is 0.339 e. The zero-order valence-electron chi connectivity index (χ0n) is 11.0. The zero-order chi connectivity index (χ0) is 14.5. The highest BCUT2D eigenvalue weighted by Gasteiger charge is 2.15. The molecule has 0 atom stereocenters. The summed E-state index contributed by atoms with van der Waals surface area (Å²) in [6.07, 6.45) is 3.06. The van der Waals surface area contributed by atoms with E-state index in [2.05, 4.69) is 9.97 Å². The van der Waals surface area contributed by atoms with Gasteiger partial charge in [0.05, 0.1) is 30.1 Å². The minimum atomic E-state index is -0.551. The predicted molar refractivity (Wildman–Crippen MR) is 71.8 cm³/mol. The van der Waals surface area contributed by atoms with E-state index in [4.69, 9.17) is 10.5 Å². The van der Waals surface area contributed by atoms with Gasteiger partial charge in [-0.1, -0.05) is 0 Å². The molecule has 0 unspecified atom stereocenters. The highest BCUT2D eigenvalue weighted by Crippen LogP contribution is 2.21. The summed E-state index contributed by atoms with van der Waals surface area (Å²) in [5.74, 6) is -0.332. The minimum absolute atomic E-state index is 0.119. The second kappa shape index (κ2) is 6.14. The van der Waals surface area contributed by atoms with Crippen molar-refractivity contribution in [2.24, 2.45) is 0 Å². The number of carbonyl (C=O) groups excluding carboxylic acids is 1. The summed E-state index contributed by atoms with van der Waals surface area (Å²) >= 11 is 0. The van der Waals surface area contributed by atoms with Crippen molar-refractivity contribution < 1.29 is 13.9 Å².